The highest BCUT2D eigenvalue weighted by atomic mass is 32.2. The number of nitrogens with zero attached hydrogens (tertiary/aromatic N) is 3. The Labute approximate surface area is 120 Å². The molecule has 0 saturated heterocycles. The Morgan fingerprint density at radius 1 is 1.33 bits per heavy atom. The Morgan fingerprint density at radius 3 is 2.62 bits per heavy atom. The summed E-state index contributed by atoms with van der Waals surface area (Å²) in [4.78, 5) is 2.99. The van der Waals surface area contributed by atoms with Gasteiger partial charge in [-0.1, -0.05) is 0 Å². The van der Waals surface area contributed by atoms with Crippen LogP contribution in [0.4, 0.5) is 17.6 Å². The second kappa shape index (κ2) is 5.92. The minimum atomic E-state index is -4.66. The molecule has 0 amide bonds. The van der Waals surface area contributed by atoms with E-state index >= 15 is 0 Å². The minimum Gasteiger partial charge on any atom is -0.276 e. The summed E-state index contributed by atoms with van der Waals surface area (Å²) in [7, 11) is 0.120. The summed E-state index contributed by atoms with van der Waals surface area (Å²) in [5.74, 6) is -1.19. The van der Waals surface area contributed by atoms with Crippen molar-refractivity contribution < 1.29 is 21.8 Å². The van der Waals surface area contributed by atoms with Gasteiger partial charge in [0.1, 0.15) is 11.5 Å². The van der Waals surface area contributed by atoms with Crippen LogP contribution in [0.5, 0.6) is 0 Å². The summed E-state index contributed by atoms with van der Waals surface area (Å²) >= 11 is 0. The molecule has 0 saturated carbocycles. The molecule has 21 heavy (non-hydrogen) atoms. The lowest BCUT2D eigenvalue weighted by Crippen LogP contribution is -2.11. The first-order chi connectivity index (χ1) is 9.75. The molecule has 2 aromatic rings. The third-order valence-corrected chi connectivity index (χ3v) is 3.87. The second-order valence-electron chi connectivity index (χ2n) is 4.37. The molecule has 0 aromatic carbocycles. The van der Waals surface area contributed by atoms with E-state index in [4.69, 9.17) is 0 Å². The van der Waals surface area contributed by atoms with E-state index < -0.39 is 28.5 Å². The first-order valence-electron chi connectivity index (χ1n) is 5.81. The normalized spacial score (nSPS) is 13.4. The molecular formula is C12H11F4N3OS. The summed E-state index contributed by atoms with van der Waals surface area (Å²) < 4.78 is 64.4. The van der Waals surface area contributed by atoms with Crippen molar-refractivity contribution >= 4 is 10.8 Å². The fourth-order valence-corrected chi connectivity index (χ4v) is 2.83. The summed E-state index contributed by atoms with van der Waals surface area (Å²) in [5, 5.41) is 4.01. The van der Waals surface area contributed by atoms with E-state index in [0.29, 0.717) is 18.0 Å². The highest BCUT2D eigenvalue weighted by molar-refractivity contribution is 7.83. The summed E-state index contributed by atoms with van der Waals surface area (Å²) in [6.45, 7) is 0. The van der Waals surface area contributed by atoms with Gasteiger partial charge >= 0.3 is 6.18 Å². The molecule has 2 rings (SSSR count). The van der Waals surface area contributed by atoms with Gasteiger partial charge in [-0.25, -0.2) is 9.37 Å². The van der Waals surface area contributed by atoms with E-state index in [-0.39, 0.29) is 17.1 Å². The maximum absolute atomic E-state index is 13.5. The Morgan fingerprint density at radius 2 is 2.05 bits per heavy atom. The zero-order chi connectivity index (χ0) is 15.6. The SMILES string of the molecule is Cn1ccc(CS(=O)Cc2cc(C(F)(F)F)ncc2F)n1. The summed E-state index contributed by atoms with van der Waals surface area (Å²) in [6.07, 6.45) is -2.51. The molecule has 4 nitrogen and oxygen atoms in total. The predicted octanol–water partition coefficient (Wildman–Crippen LogP) is 2.42. The van der Waals surface area contributed by atoms with Crippen molar-refractivity contribution in [1.29, 1.82) is 0 Å². The molecule has 0 spiro atoms. The van der Waals surface area contributed by atoms with Gasteiger partial charge in [0.25, 0.3) is 0 Å². The van der Waals surface area contributed by atoms with Gasteiger partial charge in [0.05, 0.1) is 23.4 Å². The smallest absolute Gasteiger partial charge is 0.276 e. The van der Waals surface area contributed by atoms with Gasteiger partial charge in [-0.05, 0) is 12.1 Å². The molecule has 114 valence electrons. The Balaban J connectivity index is 2.13. The molecule has 2 heterocycles. The molecule has 2 aromatic heterocycles. The monoisotopic (exact) mass is 321 g/mol. The fourth-order valence-electron chi connectivity index (χ4n) is 1.68. The highest BCUT2D eigenvalue weighted by Crippen LogP contribution is 2.28. The number of aryl methyl sites for hydroxylation is 1. The van der Waals surface area contributed by atoms with Crippen molar-refractivity contribution in [3.63, 3.8) is 0 Å². The Hall–Kier alpha value is -1.77. The van der Waals surface area contributed by atoms with Crippen LogP contribution >= 0.6 is 0 Å². The van der Waals surface area contributed by atoms with Gasteiger partial charge in [0.2, 0.25) is 0 Å². The maximum Gasteiger partial charge on any atom is 0.433 e. The van der Waals surface area contributed by atoms with Crippen molar-refractivity contribution in [3.8, 4) is 0 Å². The first-order valence-corrected chi connectivity index (χ1v) is 7.29. The molecule has 0 radical (unpaired) electrons. The molecule has 0 aliphatic heterocycles. The van der Waals surface area contributed by atoms with Crippen LogP contribution in [-0.2, 0) is 35.5 Å². The van der Waals surface area contributed by atoms with Crippen LogP contribution in [0, 0.1) is 5.82 Å². The van der Waals surface area contributed by atoms with Crippen LogP contribution in [0.2, 0.25) is 0 Å². The first kappa shape index (κ1) is 15.6. The number of hydrogen-bond acceptors (Lipinski definition) is 3. The third kappa shape index (κ3) is 4.10. The van der Waals surface area contributed by atoms with Crippen molar-refractivity contribution in [2.45, 2.75) is 17.7 Å². The Kier molecular flexibility index (Phi) is 4.40. The van der Waals surface area contributed by atoms with Gasteiger partial charge in [-0.2, -0.15) is 18.3 Å². The van der Waals surface area contributed by atoms with Crippen LogP contribution in [0.15, 0.2) is 24.5 Å². The number of alkyl halides is 3. The van der Waals surface area contributed by atoms with Gasteiger partial charge in [0.15, 0.2) is 0 Å². The molecule has 9 heteroatoms. The average molecular weight is 321 g/mol. The van der Waals surface area contributed by atoms with Crippen LogP contribution in [-0.4, -0.2) is 19.0 Å². The van der Waals surface area contributed by atoms with E-state index in [1.165, 1.54) is 4.68 Å². The molecule has 0 aliphatic carbocycles. The molecular weight excluding hydrogens is 310 g/mol. The van der Waals surface area contributed by atoms with Crippen molar-refractivity contribution in [3.05, 3.63) is 47.3 Å². The fraction of sp³-hybridized carbons (Fsp3) is 0.333. The topological polar surface area (TPSA) is 47.8 Å². The van der Waals surface area contributed by atoms with E-state index in [0.717, 1.165) is 0 Å². The molecule has 0 fully saturated rings. The van der Waals surface area contributed by atoms with Crippen LogP contribution in [0.25, 0.3) is 0 Å². The van der Waals surface area contributed by atoms with E-state index in [1.54, 1.807) is 19.3 Å². The lowest BCUT2D eigenvalue weighted by Gasteiger charge is -2.08. The predicted molar refractivity (Wildman–Crippen MR) is 68.0 cm³/mol. The van der Waals surface area contributed by atoms with Gasteiger partial charge in [-0.15, -0.1) is 0 Å². The van der Waals surface area contributed by atoms with Gasteiger partial charge < -0.3 is 0 Å². The second-order valence-corrected chi connectivity index (χ2v) is 5.82. The van der Waals surface area contributed by atoms with E-state index in [1.807, 2.05) is 0 Å². The average Bonchev–Trinajstić information content (AvgIpc) is 2.76. The van der Waals surface area contributed by atoms with Crippen molar-refractivity contribution in [2.75, 3.05) is 0 Å². The highest BCUT2D eigenvalue weighted by Gasteiger charge is 2.33. The Bertz CT molecular complexity index is 669. The maximum atomic E-state index is 13.5. The number of aromatic nitrogens is 3. The number of rotatable bonds is 4. The van der Waals surface area contributed by atoms with Crippen LogP contribution in [0.3, 0.4) is 0 Å². The molecule has 0 N–H and O–H groups in total. The quantitative estimate of drug-likeness (QED) is 0.813. The largest absolute Gasteiger partial charge is 0.433 e. The summed E-state index contributed by atoms with van der Waals surface area (Å²) in [5.41, 5.74) is -0.943. The molecule has 0 aliphatic rings. The van der Waals surface area contributed by atoms with Gasteiger partial charge in [0, 0.05) is 29.6 Å². The lowest BCUT2D eigenvalue weighted by molar-refractivity contribution is -0.141. The van der Waals surface area contributed by atoms with Crippen LogP contribution < -0.4 is 0 Å². The molecule has 1 unspecified atom stereocenters. The zero-order valence-corrected chi connectivity index (χ0v) is 11.7. The number of pyridine rings is 1. The third-order valence-electron chi connectivity index (χ3n) is 2.62. The van der Waals surface area contributed by atoms with E-state index in [2.05, 4.69) is 10.1 Å². The molecule has 0 bridgehead atoms. The van der Waals surface area contributed by atoms with Crippen molar-refractivity contribution in [2.24, 2.45) is 7.05 Å². The lowest BCUT2D eigenvalue weighted by atomic mass is 10.2. The molecule has 1 atom stereocenters. The van der Waals surface area contributed by atoms with E-state index in [9.17, 15) is 21.8 Å². The zero-order valence-electron chi connectivity index (χ0n) is 10.9. The number of hydrogen-bond donors (Lipinski definition) is 0. The van der Waals surface area contributed by atoms with Gasteiger partial charge in [-0.3, -0.25) is 8.89 Å². The summed E-state index contributed by atoms with van der Waals surface area (Å²) in [6, 6.07) is 2.23. The number of halogens is 4. The standard InChI is InChI=1S/C12H11F4N3OS/c1-19-3-2-9(18-19)7-21(20)6-8-4-11(12(14,15)16)17-5-10(8)13/h2-5H,6-7H2,1H3. The minimum absolute atomic E-state index is 0.0456. The van der Waals surface area contributed by atoms with Crippen molar-refractivity contribution in [1.82, 2.24) is 14.8 Å². The van der Waals surface area contributed by atoms with Crippen LogP contribution in [0.1, 0.15) is 17.0 Å².